The molecule has 0 saturated heterocycles. The minimum Gasteiger partial charge on any atom is -0.497 e. The van der Waals surface area contributed by atoms with E-state index in [0.29, 0.717) is 34.0 Å². The van der Waals surface area contributed by atoms with Gasteiger partial charge in [0.05, 0.1) is 22.6 Å². The van der Waals surface area contributed by atoms with Gasteiger partial charge in [-0.25, -0.2) is 4.98 Å². The number of rotatable bonds is 5. The van der Waals surface area contributed by atoms with Gasteiger partial charge in [-0.1, -0.05) is 17.7 Å². The number of nitro groups is 1. The van der Waals surface area contributed by atoms with Gasteiger partial charge in [-0.05, 0) is 36.4 Å². The summed E-state index contributed by atoms with van der Waals surface area (Å²) in [6, 6.07) is 15.9. The van der Waals surface area contributed by atoms with Gasteiger partial charge in [0, 0.05) is 29.4 Å². The van der Waals surface area contributed by atoms with E-state index in [1.54, 1.807) is 49.6 Å². The molecule has 3 aromatic carbocycles. The molecule has 0 fully saturated rings. The number of amides is 1. The second-order valence-corrected chi connectivity index (χ2v) is 6.72. The largest absolute Gasteiger partial charge is 0.497 e. The molecule has 0 aliphatic carbocycles. The summed E-state index contributed by atoms with van der Waals surface area (Å²) >= 11 is 6.04. The number of methoxy groups -OCH3 is 1. The van der Waals surface area contributed by atoms with Crippen LogP contribution in [0.3, 0.4) is 0 Å². The summed E-state index contributed by atoms with van der Waals surface area (Å²) in [6.07, 6.45) is 0. The summed E-state index contributed by atoms with van der Waals surface area (Å²) in [5, 5.41) is 13.8. The average molecular weight is 424 g/mol. The number of benzene rings is 3. The molecule has 0 radical (unpaired) electrons. The highest BCUT2D eigenvalue weighted by Gasteiger charge is 2.17. The molecule has 0 saturated carbocycles. The average Bonchev–Trinajstić information content (AvgIpc) is 3.17. The van der Waals surface area contributed by atoms with Gasteiger partial charge in [-0.15, -0.1) is 0 Å². The van der Waals surface area contributed by atoms with Gasteiger partial charge in [0.1, 0.15) is 11.3 Å². The molecule has 1 heterocycles. The number of ether oxygens (including phenoxy) is 1. The normalized spacial score (nSPS) is 10.7. The van der Waals surface area contributed by atoms with E-state index in [-0.39, 0.29) is 16.3 Å². The lowest BCUT2D eigenvalue weighted by Gasteiger charge is -2.07. The Morgan fingerprint density at radius 2 is 2.00 bits per heavy atom. The Bertz CT molecular complexity index is 1280. The Labute approximate surface area is 175 Å². The quantitative estimate of drug-likeness (QED) is 0.344. The number of carbonyl (C=O) groups is 1. The molecule has 30 heavy (non-hydrogen) atoms. The minimum atomic E-state index is -0.587. The summed E-state index contributed by atoms with van der Waals surface area (Å²) in [5.74, 6) is 0.475. The number of carbonyl (C=O) groups excluding carboxylic acids is 1. The summed E-state index contributed by atoms with van der Waals surface area (Å²) in [6.45, 7) is 0. The smallest absolute Gasteiger partial charge is 0.270 e. The van der Waals surface area contributed by atoms with Crippen LogP contribution < -0.4 is 10.1 Å². The third-order valence-electron chi connectivity index (χ3n) is 4.37. The van der Waals surface area contributed by atoms with E-state index in [0.717, 1.165) is 6.07 Å². The standard InChI is InChI=1S/C21H14ClN3O5/c1-29-15-6-8-19-18(11-15)24-21(30-19)12-3-2-4-13(9-12)23-20(26)16-10-14(25(27)28)5-7-17(16)22/h2-11H,1H3,(H,23,26). The number of nitro benzene ring substituents is 1. The Balaban J connectivity index is 1.62. The first-order chi connectivity index (χ1) is 14.4. The molecule has 0 atom stereocenters. The third-order valence-corrected chi connectivity index (χ3v) is 4.70. The third kappa shape index (κ3) is 3.81. The summed E-state index contributed by atoms with van der Waals surface area (Å²) in [7, 11) is 1.57. The maximum Gasteiger partial charge on any atom is 0.270 e. The van der Waals surface area contributed by atoms with E-state index in [2.05, 4.69) is 10.3 Å². The number of nitrogens with zero attached hydrogens (tertiary/aromatic N) is 2. The number of non-ortho nitro benzene ring substituents is 1. The Kier molecular flexibility index (Phi) is 5.07. The molecule has 1 aromatic heterocycles. The number of nitrogens with one attached hydrogen (secondary N) is 1. The van der Waals surface area contributed by atoms with Crippen molar-refractivity contribution in [2.24, 2.45) is 0 Å². The number of aromatic nitrogens is 1. The molecule has 4 rings (SSSR count). The van der Waals surface area contributed by atoms with Crippen molar-refractivity contribution in [3.05, 3.63) is 81.4 Å². The van der Waals surface area contributed by atoms with Crippen molar-refractivity contribution in [3.63, 3.8) is 0 Å². The number of hydrogen-bond acceptors (Lipinski definition) is 6. The first-order valence-corrected chi connectivity index (χ1v) is 9.13. The fourth-order valence-electron chi connectivity index (χ4n) is 2.89. The van der Waals surface area contributed by atoms with E-state index in [4.69, 9.17) is 20.8 Å². The molecule has 0 aliphatic heterocycles. The zero-order chi connectivity index (χ0) is 21.3. The van der Waals surface area contributed by atoms with Crippen molar-refractivity contribution in [3.8, 4) is 17.2 Å². The fraction of sp³-hybridized carbons (Fsp3) is 0.0476. The van der Waals surface area contributed by atoms with Crippen LogP contribution in [0.5, 0.6) is 5.75 Å². The van der Waals surface area contributed by atoms with Crippen LogP contribution in [0.15, 0.2) is 65.1 Å². The molecule has 0 spiro atoms. The first kappa shape index (κ1) is 19.4. The van der Waals surface area contributed by atoms with Crippen LogP contribution >= 0.6 is 11.6 Å². The van der Waals surface area contributed by atoms with Crippen LogP contribution in [-0.4, -0.2) is 22.9 Å². The Morgan fingerprint density at radius 1 is 1.17 bits per heavy atom. The van der Waals surface area contributed by atoms with Gasteiger partial charge in [-0.3, -0.25) is 14.9 Å². The van der Waals surface area contributed by atoms with E-state index < -0.39 is 10.8 Å². The highest BCUT2D eigenvalue weighted by molar-refractivity contribution is 6.34. The predicted molar refractivity (Wildman–Crippen MR) is 112 cm³/mol. The van der Waals surface area contributed by atoms with Crippen molar-refractivity contribution in [2.45, 2.75) is 0 Å². The van der Waals surface area contributed by atoms with Gasteiger partial charge in [0.15, 0.2) is 5.58 Å². The van der Waals surface area contributed by atoms with Crippen LogP contribution in [0.25, 0.3) is 22.6 Å². The highest BCUT2D eigenvalue weighted by Crippen LogP contribution is 2.29. The maximum atomic E-state index is 12.6. The van der Waals surface area contributed by atoms with E-state index in [9.17, 15) is 14.9 Å². The topological polar surface area (TPSA) is 108 Å². The minimum absolute atomic E-state index is 0.00484. The molecular weight excluding hydrogens is 410 g/mol. The van der Waals surface area contributed by atoms with Gasteiger partial charge in [-0.2, -0.15) is 0 Å². The van der Waals surface area contributed by atoms with E-state index in [1.165, 1.54) is 12.1 Å². The number of hydrogen-bond donors (Lipinski definition) is 1. The van der Waals surface area contributed by atoms with Crippen LogP contribution in [-0.2, 0) is 0 Å². The van der Waals surface area contributed by atoms with Crippen molar-refractivity contribution < 1.29 is 18.9 Å². The van der Waals surface area contributed by atoms with Gasteiger partial charge in [0.25, 0.3) is 11.6 Å². The molecular formula is C21H14ClN3O5. The molecule has 1 amide bonds. The lowest BCUT2D eigenvalue weighted by Crippen LogP contribution is -2.12. The van der Waals surface area contributed by atoms with Gasteiger partial charge >= 0.3 is 0 Å². The lowest BCUT2D eigenvalue weighted by molar-refractivity contribution is -0.384. The number of fused-ring (bicyclic) bond motifs is 1. The molecule has 0 aliphatic rings. The number of halogens is 1. The van der Waals surface area contributed by atoms with Crippen molar-refractivity contribution in [2.75, 3.05) is 12.4 Å². The predicted octanol–water partition coefficient (Wildman–Crippen LogP) is 5.32. The summed E-state index contributed by atoms with van der Waals surface area (Å²) < 4.78 is 11.0. The lowest BCUT2D eigenvalue weighted by atomic mass is 10.1. The first-order valence-electron chi connectivity index (χ1n) is 8.75. The van der Waals surface area contributed by atoms with Crippen molar-refractivity contribution >= 4 is 40.0 Å². The van der Waals surface area contributed by atoms with Crippen molar-refractivity contribution in [1.82, 2.24) is 4.98 Å². The van der Waals surface area contributed by atoms with E-state index >= 15 is 0 Å². The maximum absolute atomic E-state index is 12.6. The Morgan fingerprint density at radius 3 is 2.77 bits per heavy atom. The van der Waals surface area contributed by atoms with Crippen LogP contribution in [0, 0.1) is 10.1 Å². The summed E-state index contributed by atoms with van der Waals surface area (Å²) in [4.78, 5) is 27.4. The zero-order valence-electron chi connectivity index (χ0n) is 15.6. The van der Waals surface area contributed by atoms with E-state index in [1.807, 2.05) is 0 Å². The van der Waals surface area contributed by atoms with Gasteiger partial charge in [0.2, 0.25) is 5.89 Å². The second kappa shape index (κ2) is 7.84. The number of anilines is 1. The molecule has 0 bridgehead atoms. The molecule has 4 aromatic rings. The number of oxazole rings is 1. The van der Waals surface area contributed by atoms with Crippen molar-refractivity contribution in [1.29, 1.82) is 0 Å². The fourth-order valence-corrected chi connectivity index (χ4v) is 3.09. The van der Waals surface area contributed by atoms with Crippen LogP contribution in [0.2, 0.25) is 5.02 Å². The highest BCUT2D eigenvalue weighted by atomic mass is 35.5. The summed E-state index contributed by atoms with van der Waals surface area (Å²) in [5.41, 5.74) is 2.13. The van der Waals surface area contributed by atoms with Gasteiger partial charge < -0.3 is 14.5 Å². The second-order valence-electron chi connectivity index (χ2n) is 6.31. The molecule has 8 nitrogen and oxygen atoms in total. The SMILES string of the molecule is COc1ccc2oc(-c3cccc(NC(=O)c4cc([N+](=O)[O-])ccc4Cl)c3)nc2c1. The molecule has 9 heteroatoms. The Hall–Kier alpha value is -3.91. The zero-order valence-corrected chi connectivity index (χ0v) is 16.3. The monoisotopic (exact) mass is 423 g/mol. The van der Waals surface area contributed by atoms with Crippen LogP contribution in [0.4, 0.5) is 11.4 Å². The molecule has 0 unspecified atom stereocenters. The molecule has 150 valence electrons. The molecule has 1 N–H and O–H groups in total. The van der Waals surface area contributed by atoms with Crippen LogP contribution in [0.1, 0.15) is 10.4 Å².